The molecule has 0 aromatic carbocycles. The van der Waals surface area contributed by atoms with Gasteiger partial charge in [-0.2, -0.15) is 16.9 Å². The lowest BCUT2D eigenvalue weighted by molar-refractivity contribution is 0.453. The number of hydrogen-bond acceptors (Lipinski definition) is 3. The highest BCUT2D eigenvalue weighted by atomic mass is 32.2. The summed E-state index contributed by atoms with van der Waals surface area (Å²) in [6.07, 6.45) is 1.91. The van der Waals surface area contributed by atoms with Gasteiger partial charge in [0, 0.05) is 29.6 Å². The fourth-order valence-corrected chi connectivity index (χ4v) is 3.16. The molecule has 0 spiro atoms. The number of aromatic nitrogens is 2. The fraction of sp³-hybridized carbons (Fsp3) is 0.700. The van der Waals surface area contributed by atoms with Gasteiger partial charge < -0.3 is 5.32 Å². The summed E-state index contributed by atoms with van der Waals surface area (Å²) >= 11 is 2.05. The second kappa shape index (κ2) is 4.36. The van der Waals surface area contributed by atoms with Crippen LogP contribution < -0.4 is 5.32 Å². The van der Waals surface area contributed by atoms with Gasteiger partial charge in [0.2, 0.25) is 0 Å². The van der Waals surface area contributed by atoms with Crippen molar-refractivity contribution in [2.24, 2.45) is 5.92 Å². The van der Waals surface area contributed by atoms with Crippen LogP contribution in [-0.4, -0.2) is 27.7 Å². The number of aromatic amines is 1. The maximum atomic E-state index is 4.02. The van der Waals surface area contributed by atoms with E-state index in [1.807, 2.05) is 18.0 Å². The predicted molar refractivity (Wildman–Crippen MR) is 60.4 cm³/mol. The molecule has 1 aliphatic rings. The maximum absolute atomic E-state index is 4.02. The number of thioether (sulfide) groups is 1. The van der Waals surface area contributed by atoms with Gasteiger partial charge in [-0.05, 0) is 18.6 Å². The molecule has 2 rings (SSSR count). The summed E-state index contributed by atoms with van der Waals surface area (Å²) in [5.41, 5.74) is 2.46. The average Bonchev–Trinajstić information content (AvgIpc) is 2.72. The fourth-order valence-electron chi connectivity index (χ4n) is 1.72. The highest BCUT2D eigenvalue weighted by molar-refractivity contribution is 7.99. The quantitative estimate of drug-likeness (QED) is 0.797. The average molecular weight is 211 g/mol. The molecule has 2 N–H and O–H groups in total. The van der Waals surface area contributed by atoms with Crippen LogP contribution in [0.3, 0.4) is 0 Å². The van der Waals surface area contributed by atoms with Crippen molar-refractivity contribution < 1.29 is 0 Å². The molecular weight excluding hydrogens is 194 g/mol. The Bertz CT molecular complexity index is 297. The summed E-state index contributed by atoms with van der Waals surface area (Å²) in [5, 5.41) is 10.6. The smallest absolute Gasteiger partial charge is 0.0535 e. The maximum Gasteiger partial charge on any atom is 0.0535 e. The monoisotopic (exact) mass is 211 g/mol. The van der Waals surface area contributed by atoms with Crippen LogP contribution in [0.25, 0.3) is 0 Å². The van der Waals surface area contributed by atoms with Crippen molar-refractivity contribution >= 4 is 11.8 Å². The molecular formula is C10H17N3S. The highest BCUT2D eigenvalue weighted by Crippen LogP contribution is 2.23. The van der Waals surface area contributed by atoms with E-state index in [4.69, 9.17) is 0 Å². The summed E-state index contributed by atoms with van der Waals surface area (Å²) < 4.78 is 0. The van der Waals surface area contributed by atoms with E-state index >= 15 is 0 Å². The van der Waals surface area contributed by atoms with Crippen LogP contribution >= 0.6 is 11.8 Å². The van der Waals surface area contributed by atoms with Gasteiger partial charge >= 0.3 is 0 Å². The topological polar surface area (TPSA) is 40.7 Å². The largest absolute Gasteiger partial charge is 0.309 e. The molecule has 0 radical (unpaired) electrons. The minimum atomic E-state index is 0.675. The molecule has 14 heavy (non-hydrogen) atoms. The predicted octanol–water partition coefficient (Wildman–Crippen LogP) is 1.56. The van der Waals surface area contributed by atoms with Gasteiger partial charge in [-0.3, -0.25) is 5.10 Å². The molecule has 0 bridgehead atoms. The molecule has 1 fully saturated rings. The summed E-state index contributed by atoms with van der Waals surface area (Å²) in [5.74, 6) is 3.34. The van der Waals surface area contributed by atoms with Crippen molar-refractivity contribution in [1.82, 2.24) is 15.5 Å². The van der Waals surface area contributed by atoms with E-state index in [0.717, 1.165) is 12.5 Å². The van der Waals surface area contributed by atoms with Crippen LogP contribution in [0, 0.1) is 12.8 Å². The van der Waals surface area contributed by atoms with Crippen LogP contribution in [0.5, 0.6) is 0 Å². The van der Waals surface area contributed by atoms with Crippen molar-refractivity contribution in [3.05, 3.63) is 17.5 Å². The van der Waals surface area contributed by atoms with Crippen LogP contribution in [0.4, 0.5) is 0 Å². The van der Waals surface area contributed by atoms with E-state index in [0.29, 0.717) is 6.04 Å². The summed E-state index contributed by atoms with van der Waals surface area (Å²) in [4.78, 5) is 0. The van der Waals surface area contributed by atoms with Crippen molar-refractivity contribution in [1.29, 1.82) is 0 Å². The molecule has 0 aliphatic carbocycles. The van der Waals surface area contributed by atoms with Crippen LogP contribution in [0.1, 0.15) is 18.2 Å². The lowest BCUT2D eigenvalue weighted by Gasteiger charge is -2.15. The highest BCUT2D eigenvalue weighted by Gasteiger charge is 2.23. The number of hydrogen-bond donors (Lipinski definition) is 2. The zero-order valence-corrected chi connectivity index (χ0v) is 9.53. The Morgan fingerprint density at radius 2 is 2.50 bits per heavy atom. The Labute approximate surface area is 89.1 Å². The molecule has 1 aromatic rings. The Balaban J connectivity index is 1.85. The Morgan fingerprint density at radius 3 is 3.07 bits per heavy atom. The first kappa shape index (κ1) is 10.1. The molecule has 2 unspecified atom stereocenters. The first-order chi connectivity index (χ1) is 6.77. The molecule has 2 heterocycles. The SMILES string of the molecule is Cc1[nH]ncc1CNC1CSCC1C. The van der Waals surface area contributed by atoms with Gasteiger partial charge in [0.05, 0.1) is 6.20 Å². The Hall–Kier alpha value is -0.480. The molecule has 1 aromatic heterocycles. The number of nitrogens with zero attached hydrogens (tertiary/aromatic N) is 1. The standard InChI is InChI=1S/C10H17N3S/c1-7-5-14-6-10(7)11-3-9-4-12-13-8(9)2/h4,7,10-11H,3,5-6H2,1-2H3,(H,12,13). The molecule has 0 saturated carbocycles. The van der Waals surface area contributed by atoms with Gasteiger partial charge in [-0.15, -0.1) is 0 Å². The third-order valence-corrected chi connectivity index (χ3v) is 4.21. The number of rotatable bonds is 3. The van der Waals surface area contributed by atoms with Crippen LogP contribution in [0.15, 0.2) is 6.20 Å². The lowest BCUT2D eigenvalue weighted by atomic mass is 10.1. The van der Waals surface area contributed by atoms with Gasteiger partial charge in [0.1, 0.15) is 0 Å². The number of nitrogens with one attached hydrogen (secondary N) is 2. The molecule has 1 saturated heterocycles. The third kappa shape index (κ3) is 2.12. The van der Waals surface area contributed by atoms with E-state index in [2.05, 4.69) is 29.4 Å². The first-order valence-corrected chi connectivity index (χ1v) is 6.23. The minimum Gasteiger partial charge on any atom is -0.309 e. The second-order valence-corrected chi connectivity index (χ2v) is 5.10. The molecule has 2 atom stereocenters. The van der Waals surface area contributed by atoms with Crippen molar-refractivity contribution in [2.75, 3.05) is 11.5 Å². The zero-order valence-electron chi connectivity index (χ0n) is 8.71. The summed E-state index contributed by atoms with van der Waals surface area (Å²) in [7, 11) is 0. The van der Waals surface area contributed by atoms with Crippen LogP contribution in [0.2, 0.25) is 0 Å². The van der Waals surface area contributed by atoms with E-state index < -0.39 is 0 Å². The van der Waals surface area contributed by atoms with Gasteiger partial charge in [-0.1, -0.05) is 6.92 Å². The van der Waals surface area contributed by atoms with Gasteiger partial charge in [0.25, 0.3) is 0 Å². The second-order valence-electron chi connectivity index (χ2n) is 4.02. The molecule has 3 nitrogen and oxygen atoms in total. The van der Waals surface area contributed by atoms with Crippen molar-refractivity contribution in [2.45, 2.75) is 26.4 Å². The van der Waals surface area contributed by atoms with E-state index in [1.54, 1.807) is 0 Å². The van der Waals surface area contributed by atoms with E-state index in [-0.39, 0.29) is 0 Å². The van der Waals surface area contributed by atoms with Crippen molar-refractivity contribution in [3.8, 4) is 0 Å². The summed E-state index contributed by atoms with van der Waals surface area (Å²) in [6, 6.07) is 0.675. The number of aryl methyl sites for hydroxylation is 1. The Morgan fingerprint density at radius 1 is 1.64 bits per heavy atom. The lowest BCUT2D eigenvalue weighted by Crippen LogP contribution is -2.33. The first-order valence-electron chi connectivity index (χ1n) is 5.07. The number of H-pyrrole nitrogens is 1. The minimum absolute atomic E-state index is 0.675. The van der Waals surface area contributed by atoms with Crippen molar-refractivity contribution in [3.63, 3.8) is 0 Å². The summed E-state index contributed by atoms with van der Waals surface area (Å²) in [6.45, 7) is 5.33. The van der Waals surface area contributed by atoms with E-state index in [9.17, 15) is 0 Å². The molecule has 1 aliphatic heterocycles. The van der Waals surface area contributed by atoms with Crippen LogP contribution in [-0.2, 0) is 6.54 Å². The zero-order chi connectivity index (χ0) is 9.97. The van der Waals surface area contributed by atoms with Gasteiger partial charge in [0.15, 0.2) is 0 Å². The third-order valence-electron chi connectivity index (χ3n) is 2.85. The molecule has 4 heteroatoms. The Kier molecular flexibility index (Phi) is 3.13. The van der Waals surface area contributed by atoms with Gasteiger partial charge in [-0.25, -0.2) is 0 Å². The molecule has 78 valence electrons. The molecule has 0 amide bonds. The van der Waals surface area contributed by atoms with E-state index in [1.165, 1.54) is 22.8 Å². The normalized spacial score (nSPS) is 27.0.